The van der Waals surface area contributed by atoms with Crippen molar-refractivity contribution in [3.63, 3.8) is 0 Å². The molecule has 2 rings (SSSR count). The average molecular weight is 335 g/mol. The molecule has 0 amide bonds. The van der Waals surface area contributed by atoms with Crippen molar-refractivity contribution < 1.29 is 13.9 Å². The zero-order valence-electron chi connectivity index (χ0n) is 13.3. The van der Waals surface area contributed by atoms with Crippen molar-refractivity contribution in [2.45, 2.75) is 18.9 Å². The minimum atomic E-state index is -1.12. The molecule has 1 aromatic carbocycles. The lowest BCUT2D eigenvalue weighted by Crippen LogP contribution is -2.26. The third-order valence-corrected chi connectivity index (χ3v) is 3.75. The van der Waals surface area contributed by atoms with Gasteiger partial charge in [-0.3, -0.25) is 5.10 Å². The molecule has 1 heterocycles. The van der Waals surface area contributed by atoms with Crippen LogP contribution in [-0.4, -0.2) is 40.3 Å². The molecule has 0 saturated carbocycles. The molecule has 1 unspecified atom stereocenters. The van der Waals surface area contributed by atoms with Gasteiger partial charge in [-0.1, -0.05) is 0 Å². The van der Waals surface area contributed by atoms with Crippen LogP contribution in [0.25, 0.3) is 0 Å². The molecule has 0 bridgehead atoms. The normalized spacial score (nSPS) is 12.3. The van der Waals surface area contributed by atoms with Gasteiger partial charge in [-0.2, -0.15) is 10.4 Å². The maximum Gasteiger partial charge on any atom is 0.163 e. The Morgan fingerprint density at radius 2 is 2.21 bits per heavy atom. The molecule has 8 heteroatoms. The fourth-order valence-electron chi connectivity index (χ4n) is 2.48. The number of halogens is 2. The first-order valence-electron chi connectivity index (χ1n) is 7.46. The summed E-state index contributed by atoms with van der Waals surface area (Å²) in [6.45, 7) is 0.758. The number of nitriles is 1. The molecule has 0 radical (unpaired) electrons. The summed E-state index contributed by atoms with van der Waals surface area (Å²) in [5, 5.41) is 25.6. The number of hydrogen-bond donors (Lipinski definition) is 3. The van der Waals surface area contributed by atoms with Crippen LogP contribution in [0.4, 0.5) is 14.6 Å². The van der Waals surface area contributed by atoms with Gasteiger partial charge in [0.25, 0.3) is 0 Å². The highest BCUT2D eigenvalue weighted by Gasteiger charge is 2.16. The lowest BCUT2D eigenvalue weighted by Gasteiger charge is -2.21. The highest BCUT2D eigenvalue weighted by Crippen LogP contribution is 2.19. The highest BCUT2D eigenvalue weighted by molar-refractivity contribution is 5.50. The summed E-state index contributed by atoms with van der Waals surface area (Å²) >= 11 is 0. The third kappa shape index (κ3) is 4.28. The van der Waals surface area contributed by atoms with Crippen molar-refractivity contribution in [3.05, 3.63) is 46.7 Å². The fourth-order valence-corrected chi connectivity index (χ4v) is 2.48. The van der Waals surface area contributed by atoms with Gasteiger partial charge in [0.2, 0.25) is 0 Å². The first kappa shape index (κ1) is 17.8. The summed E-state index contributed by atoms with van der Waals surface area (Å²) < 4.78 is 26.8. The molecule has 0 aliphatic heterocycles. The summed E-state index contributed by atoms with van der Waals surface area (Å²) in [5.74, 6) is -1.05. The first-order valence-corrected chi connectivity index (χ1v) is 7.46. The maximum absolute atomic E-state index is 13.6. The second-order valence-corrected chi connectivity index (χ2v) is 5.62. The van der Waals surface area contributed by atoms with Gasteiger partial charge in [0.05, 0.1) is 11.8 Å². The average Bonchev–Trinajstić information content (AvgIpc) is 2.89. The summed E-state index contributed by atoms with van der Waals surface area (Å²) in [6.07, 6.45) is 0.135. The zero-order valence-corrected chi connectivity index (χ0v) is 13.3. The molecule has 0 aliphatic rings. The Morgan fingerprint density at radius 1 is 1.46 bits per heavy atom. The zero-order chi connectivity index (χ0) is 17.7. The maximum atomic E-state index is 13.6. The van der Waals surface area contributed by atoms with E-state index in [4.69, 9.17) is 11.0 Å². The standard InChI is InChI=1S/C16H19F2N5O/c1-23(6-2-3-14-12(8-19)16(20)22-21-14)9-15(24)11-7-10(17)4-5-13(11)18/h4-5,7,15,24H,2-3,6,9H2,1H3,(H3,20,21,22). The molecule has 4 N–H and O–H groups in total. The fraction of sp³-hybridized carbons (Fsp3) is 0.375. The molecule has 1 aromatic heterocycles. The van der Waals surface area contributed by atoms with Gasteiger partial charge in [0, 0.05) is 12.1 Å². The molecule has 2 aromatic rings. The molecular formula is C16H19F2N5O. The lowest BCUT2D eigenvalue weighted by atomic mass is 10.1. The predicted octanol–water partition coefficient (Wildman–Crippen LogP) is 1.74. The van der Waals surface area contributed by atoms with E-state index < -0.39 is 17.7 Å². The molecule has 128 valence electrons. The van der Waals surface area contributed by atoms with Crippen LogP contribution < -0.4 is 5.73 Å². The number of nitrogens with zero attached hydrogens (tertiary/aromatic N) is 3. The largest absolute Gasteiger partial charge is 0.387 e. The number of aromatic nitrogens is 2. The monoisotopic (exact) mass is 335 g/mol. The van der Waals surface area contributed by atoms with Crippen LogP contribution in [0, 0.1) is 23.0 Å². The van der Waals surface area contributed by atoms with Crippen molar-refractivity contribution in [2.75, 3.05) is 25.9 Å². The van der Waals surface area contributed by atoms with E-state index in [1.165, 1.54) is 0 Å². The summed E-state index contributed by atoms with van der Waals surface area (Å²) in [7, 11) is 1.77. The Kier molecular flexibility index (Phi) is 5.84. The SMILES string of the molecule is CN(CCCc1[nH]nc(N)c1C#N)CC(O)c1cc(F)ccc1F. The topological polar surface area (TPSA) is 102 Å². The Bertz CT molecular complexity index is 741. The number of aliphatic hydroxyl groups is 1. The number of anilines is 1. The number of H-pyrrole nitrogens is 1. The number of nitrogens with two attached hydrogens (primary N) is 1. The predicted molar refractivity (Wildman–Crippen MR) is 84.9 cm³/mol. The lowest BCUT2D eigenvalue weighted by molar-refractivity contribution is 0.122. The quantitative estimate of drug-likeness (QED) is 0.715. The van der Waals surface area contributed by atoms with E-state index >= 15 is 0 Å². The molecule has 0 spiro atoms. The van der Waals surface area contributed by atoms with Crippen molar-refractivity contribution in [3.8, 4) is 6.07 Å². The van der Waals surface area contributed by atoms with E-state index in [9.17, 15) is 13.9 Å². The van der Waals surface area contributed by atoms with Crippen LogP contribution in [0.3, 0.4) is 0 Å². The van der Waals surface area contributed by atoms with Gasteiger partial charge in [-0.25, -0.2) is 8.78 Å². The van der Waals surface area contributed by atoms with Crippen LogP contribution in [0.5, 0.6) is 0 Å². The third-order valence-electron chi connectivity index (χ3n) is 3.75. The van der Waals surface area contributed by atoms with Crippen LogP contribution in [0.1, 0.15) is 29.3 Å². The smallest absolute Gasteiger partial charge is 0.163 e. The first-order chi connectivity index (χ1) is 11.4. The van der Waals surface area contributed by atoms with Crippen LogP contribution >= 0.6 is 0 Å². The Hall–Kier alpha value is -2.50. The van der Waals surface area contributed by atoms with E-state index in [2.05, 4.69) is 10.2 Å². The number of nitrogen functional groups attached to an aromatic ring is 1. The Morgan fingerprint density at radius 3 is 2.92 bits per heavy atom. The number of aliphatic hydroxyl groups excluding tert-OH is 1. The number of likely N-dealkylation sites (N-methyl/N-ethyl adjacent to an activating group) is 1. The number of benzene rings is 1. The van der Waals surface area contributed by atoms with Gasteiger partial charge in [0.1, 0.15) is 23.3 Å². The number of hydrogen-bond acceptors (Lipinski definition) is 5. The molecule has 6 nitrogen and oxygen atoms in total. The summed E-state index contributed by atoms with van der Waals surface area (Å²) in [5.41, 5.74) is 6.52. The van der Waals surface area contributed by atoms with Crippen molar-refractivity contribution in [1.29, 1.82) is 5.26 Å². The highest BCUT2D eigenvalue weighted by atomic mass is 19.1. The Balaban J connectivity index is 1.86. The Labute approximate surface area is 138 Å². The van der Waals surface area contributed by atoms with Gasteiger partial charge >= 0.3 is 0 Å². The van der Waals surface area contributed by atoms with Gasteiger partial charge in [-0.15, -0.1) is 0 Å². The van der Waals surface area contributed by atoms with Crippen molar-refractivity contribution >= 4 is 5.82 Å². The van der Waals surface area contributed by atoms with E-state index in [0.717, 1.165) is 18.2 Å². The number of aryl methyl sites for hydroxylation is 1. The minimum Gasteiger partial charge on any atom is -0.387 e. The van der Waals surface area contributed by atoms with Crippen molar-refractivity contribution in [2.24, 2.45) is 0 Å². The second kappa shape index (κ2) is 7.86. The van der Waals surface area contributed by atoms with E-state index in [0.29, 0.717) is 30.6 Å². The minimum absolute atomic E-state index is 0.0602. The number of rotatable bonds is 7. The second-order valence-electron chi connectivity index (χ2n) is 5.62. The summed E-state index contributed by atoms with van der Waals surface area (Å²) in [6, 6.07) is 5.01. The number of aromatic amines is 1. The summed E-state index contributed by atoms with van der Waals surface area (Å²) in [4.78, 5) is 1.81. The van der Waals surface area contributed by atoms with Crippen molar-refractivity contribution in [1.82, 2.24) is 15.1 Å². The molecule has 24 heavy (non-hydrogen) atoms. The number of nitrogens with one attached hydrogen (secondary N) is 1. The molecule has 0 aliphatic carbocycles. The molecule has 0 saturated heterocycles. The molecule has 1 atom stereocenters. The van der Waals surface area contributed by atoms with Crippen LogP contribution in [0.15, 0.2) is 18.2 Å². The van der Waals surface area contributed by atoms with Gasteiger partial charge in [0.15, 0.2) is 5.82 Å². The van der Waals surface area contributed by atoms with Gasteiger partial charge in [-0.05, 0) is 44.6 Å². The van der Waals surface area contributed by atoms with E-state index in [1.807, 2.05) is 6.07 Å². The van der Waals surface area contributed by atoms with E-state index in [-0.39, 0.29) is 17.9 Å². The van der Waals surface area contributed by atoms with Crippen LogP contribution in [-0.2, 0) is 6.42 Å². The van der Waals surface area contributed by atoms with Crippen LogP contribution in [0.2, 0.25) is 0 Å². The molecule has 0 fully saturated rings. The van der Waals surface area contributed by atoms with Gasteiger partial charge < -0.3 is 15.7 Å². The molecular weight excluding hydrogens is 316 g/mol. The van der Waals surface area contributed by atoms with E-state index in [1.54, 1.807) is 11.9 Å².